The van der Waals surface area contributed by atoms with Crippen LogP contribution in [-0.4, -0.2) is 45.9 Å². The Balaban J connectivity index is 1.61. The second-order valence-corrected chi connectivity index (χ2v) is 7.83. The number of carbonyl (C=O) groups is 1. The molecule has 0 aliphatic carbocycles. The van der Waals surface area contributed by atoms with Gasteiger partial charge in [-0.2, -0.15) is 13.2 Å². The second-order valence-electron chi connectivity index (χ2n) is 5.82. The molecular formula is C18H17F3N4O2S2. The number of carbonyl (C=O) groups excluding carboxylic acids is 1. The van der Waals surface area contributed by atoms with E-state index in [9.17, 15) is 18.0 Å². The molecule has 0 bridgehead atoms. The summed E-state index contributed by atoms with van der Waals surface area (Å²) in [7, 11) is 0. The van der Waals surface area contributed by atoms with Crippen LogP contribution in [-0.2, 0) is 11.3 Å². The van der Waals surface area contributed by atoms with E-state index < -0.39 is 18.9 Å². The number of nitrogens with one attached hydrogen (secondary N) is 1. The molecule has 0 unspecified atom stereocenters. The number of benzene rings is 1. The standard InChI is InChI=1S/C18H17F3N4O2S2/c19-18(20,21)12-27-17(26)22-8-10-29-16-24-23-15(14-7-4-9-28-14)25(16)11-13-5-2-1-3-6-13/h1-7,9H,8,10-12H2,(H,22,26). The fourth-order valence-corrected chi connectivity index (χ4v) is 3.90. The first-order valence-corrected chi connectivity index (χ1v) is 10.4. The fraction of sp³-hybridized carbons (Fsp3) is 0.278. The number of aromatic nitrogens is 3. The number of hydrogen-bond donors (Lipinski definition) is 1. The molecule has 0 saturated heterocycles. The number of rotatable bonds is 8. The number of halogens is 3. The third kappa shape index (κ3) is 6.50. The zero-order valence-corrected chi connectivity index (χ0v) is 16.7. The fourth-order valence-electron chi connectivity index (χ4n) is 2.39. The van der Waals surface area contributed by atoms with Gasteiger partial charge in [0.25, 0.3) is 0 Å². The van der Waals surface area contributed by atoms with E-state index in [-0.39, 0.29) is 6.54 Å². The smallest absolute Gasteiger partial charge is 0.422 e. The average molecular weight is 442 g/mol. The zero-order chi connectivity index (χ0) is 20.7. The van der Waals surface area contributed by atoms with Crippen molar-refractivity contribution in [2.75, 3.05) is 18.9 Å². The van der Waals surface area contributed by atoms with Gasteiger partial charge in [0, 0.05) is 12.3 Å². The molecule has 154 valence electrons. The van der Waals surface area contributed by atoms with E-state index in [0.29, 0.717) is 17.5 Å². The van der Waals surface area contributed by atoms with Gasteiger partial charge in [-0.25, -0.2) is 4.79 Å². The van der Waals surface area contributed by atoms with E-state index in [1.165, 1.54) is 11.8 Å². The molecule has 0 spiro atoms. The summed E-state index contributed by atoms with van der Waals surface area (Å²) in [5.74, 6) is 1.14. The Morgan fingerprint density at radius 1 is 1.17 bits per heavy atom. The molecule has 3 rings (SSSR count). The molecule has 0 aliphatic heterocycles. The highest BCUT2D eigenvalue weighted by Gasteiger charge is 2.29. The lowest BCUT2D eigenvalue weighted by Gasteiger charge is -2.10. The molecule has 3 aromatic rings. The molecule has 29 heavy (non-hydrogen) atoms. The Morgan fingerprint density at radius 3 is 2.66 bits per heavy atom. The van der Waals surface area contributed by atoms with Crippen LogP contribution >= 0.6 is 23.1 Å². The minimum Gasteiger partial charge on any atom is -0.440 e. The van der Waals surface area contributed by atoms with E-state index in [1.807, 2.05) is 52.4 Å². The van der Waals surface area contributed by atoms with Crippen molar-refractivity contribution in [2.45, 2.75) is 17.9 Å². The second kappa shape index (κ2) is 9.79. The number of thioether (sulfide) groups is 1. The van der Waals surface area contributed by atoms with Gasteiger partial charge in [0.05, 0.1) is 11.4 Å². The summed E-state index contributed by atoms with van der Waals surface area (Å²) in [6.45, 7) is -0.903. The highest BCUT2D eigenvalue weighted by Crippen LogP contribution is 2.28. The summed E-state index contributed by atoms with van der Waals surface area (Å²) < 4.78 is 42.2. The number of ether oxygens (including phenoxy) is 1. The first kappa shape index (κ1) is 21.2. The molecule has 2 aromatic heterocycles. The van der Waals surface area contributed by atoms with Crippen molar-refractivity contribution in [2.24, 2.45) is 0 Å². The van der Waals surface area contributed by atoms with Crippen LogP contribution in [0, 0.1) is 0 Å². The summed E-state index contributed by atoms with van der Waals surface area (Å²) in [4.78, 5) is 12.3. The summed E-state index contributed by atoms with van der Waals surface area (Å²) >= 11 is 2.91. The molecule has 1 aromatic carbocycles. The quantitative estimate of drug-likeness (QED) is 0.413. The summed E-state index contributed by atoms with van der Waals surface area (Å²) in [6.07, 6.45) is -5.65. The molecule has 1 amide bonds. The SMILES string of the molecule is O=C(NCCSc1nnc(-c2cccs2)n1Cc1ccccc1)OCC(F)(F)F. The Morgan fingerprint density at radius 2 is 1.97 bits per heavy atom. The van der Waals surface area contributed by atoms with Crippen molar-refractivity contribution in [1.82, 2.24) is 20.1 Å². The molecule has 0 fully saturated rings. The van der Waals surface area contributed by atoms with Crippen LogP contribution in [0.2, 0.25) is 0 Å². The van der Waals surface area contributed by atoms with E-state index in [0.717, 1.165) is 16.3 Å². The molecule has 0 saturated carbocycles. The predicted molar refractivity (Wildman–Crippen MR) is 105 cm³/mol. The van der Waals surface area contributed by atoms with Crippen molar-refractivity contribution in [3.63, 3.8) is 0 Å². The molecule has 11 heteroatoms. The van der Waals surface area contributed by atoms with Crippen molar-refractivity contribution in [3.8, 4) is 10.7 Å². The van der Waals surface area contributed by atoms with Gasteiger partial charge in [0.1, 0.15) is 0 Å². The van der Waals surface area contributed by atoms with E-state index in [1.54, 1.807) is 11.3 Å². The molecule has 0 atom stereocenters. The summed E-state index contributed by atoms with van der Waals surface area (Å²) in [6, 6.07) is 13.8. The lowest BCUT2D eigenvalue weighted by atomic mass is 10.2. The van der Waals surface area contributed by atoms with Crippen LogP contribution in [0.3, 0.4) is 0 Å². The van der Waals surface area contributed by atoms with Gasteiger partial charge < -0.3 is 10.1 Å². The molecule has 2 heterocycles. The van der Waals surface area contributed by atoms with Gasteiger partial charge in [-0.15, -0.1) is 21.5 Å². The Kier molecular flexibility index (Phi) is 7.15. The van der Waals surface area contributed by atoms with Crippen LogP contribution in [0.25, 0.3) is 10.7 Å². The molecule has 6 nitrogen and oxygen atoms in total. The lowest BCUT2D eigenvalue weighted by molar-refractivity contribution is -0.160. The largest absolute Gasteiger partial charge is 0.440 e. The molecule has 0 radical (unpaired) electrons. The number of alkyl halides is 3. The average Bonchev–Trinajstić information content (AvgIpc) is 3.34. The molecule has 1 N–H and O–H groups in total. The normalized spacial score (nSPS) is 11.4. The number of nitrogens with zero attached hydrogens (tertiary/aromatic N) is 3. The van der Waals surface area contributed by atoms with Crippen LogP contribution in [0.5, 0.6) is 0 Å². The number of hydrogen-bond acceptors (Lipinski definition) is 6. The van der Waals surface area contributed by atoms with Crippen LogP contribution < -0.4 is 5.32 Å². The van der Waals surface area contributed by atoms with Crippen LogP contribution in [0.15, 0.2) is 53.0 Å². The van der Waals surface area contributed by atoms with Gasteiger partial charge >= 0.3 is 12.3 Å². The van der Waals surface area contributed by atoms with Gasteiger partial charge in [-0.1, -0.05) is 48.2 Å². The van der Waals surface area contributed by atoms with E-state index in [4.69, 9.17) is 0 Å². The van der Waals surface area contributed by atoms with Crippen molar-refractivity contribution < 1.29 is 22.7 Å². The Labute approximate surface area is 173 Å². The molecule has 0 aliphatic rings. The minimum atomic E-state index is -4.54. The van der Waals surface area contributed by atoms with Crippen molar-refractivity contribution in [3.05, 3.63) is 53.4 Å². The van der Waals surface area contributed by atoms with Gasteiger partial charge in [0.15, 0.2) is 17.6 Å². The van der Waals surface area contributed by atoms with Gasteiger partial charge in [0.2, 0.25) is 0 Å². The first-order valence-electron chi connectivity index (χ1n) is 8.53. The van der Waals surface area contributed by atoms with Gasteiger partial charge in [-0.3, -0.25) is 4.57 Å². The predicted octanol–water partition coefficient (Wildman–Crippen LogP) is 4.44. The van der Waals surface area contributed by atoms with Crippen molar-refractivity contribution >= 4 is 29.2 Å². The van der Waals surface area contributed by atoms with E-state index in [2.05, 4.69) is 20.3 Å². The molecular weight excluding hydrogens is 425 g/mol. The third-order valence-electron chi connectivity index (χ3n) is 3.61. The van der Waals surface area contributed by atoms with Crippen LogP contribution in [0.4, 0.5) is 18.0 Å². The van der Waals surface area contributed by atoms with Crippen molar-refractivity contribution in [1.29, 1.82) is 0 Å². The number of thiophene rings is 1. The minimum absolute atomic E-state index is 0.133. The van der Waals surface area contributed by atoms with Crippen LogP contribution in [0.1, 0.15) is 5.56 Å². The Hall–Kier alpha value is -2.53. The van der Waals surface area contributed by atoms with Gasteiger partial charge in [-0.05, 0) is 17.0 Å². The Bertz CT molecular complexity index is 915. The highest BCUT2D eigenvalue weighted by molar-refractivity contribution is 7.99. The maximum atomic E-state index is 12.0. The maximum Gasteiger partial charge on any atom is 0.422 e. The zero-order valence-electron chi connectivity index (χ0n) is 15.1. The monoisotopic (exact) mass is 442 g/mol. The number of alkyl carbamates (subject to hydrolysis) is 1. The first-order chi connectivity index (χ1) is 13.9. The lowest BCUT2D eigenvalue weighted by Crippen LogP contribution is -2.30. The van der Waals surface area contributed by atoms with E-state index >= 15 is 0 Å². The topological polar surface area (TPSA) is 69.0 Å². The highest BCUT2D eigenvalue weighted by atomic mass is 32.2. The summed E-state index contributed by atoms with van der Waals surface area (Å²) in [5.41, 5.74) is 1.08. The number of amides is 1. The maximum absolute atomic E-state index is 12.0. The summed E-state index contributed by atoms with van der Waals surface area (Å²) in [5, 5.41) is 13.4. The third-order valence-corrected chi connectivity index (χ3v) is 5.45.